The molecule has 0 unspecified atom stereocenters. The number of alkyl halides is 1. The van der Waals surface area contributed by atoms with Gasteiger partial charge in [-0.15, -0.1) is 11.6 Å². The summed E-state index contributed by atoms with van der Waals surface area (Å²) in [4.78, 5) is 2.17. The second-order valence-corrected chi connectivity index (χ2v) is 5.67. The van der Waals surface area contributed by atoms with Crippen LogP contribution in [0.4, 0.5) is 11.4 Å². The Labute approximate surface area is 128 Å². The maximum absolute atomic E-state index is 6.02. The highest BCUT2D eigenvalue weighted by molar-refractivity contribution is 9.10. The van der Waals surface area contributed by atoms with Crippen molar-refractivity contribution >= 4 is 38.9 Å². The lowest BCUT2D eigenvalue weighted by Gasteiger charge is -2.22. The van der Waals surface area contributed by atoms with Gasteiger partial charge >= 0.3 is 0 Å². The first-order valence-corrected chi connectivity index (χ1v) is 7.65. The van der Waals surface area contributed by atoms with E-state index in [1.807, 2.05) is 6.07 Å². The Kier molecular flexibility index (Phi) is 4.89. The third-order valence-electron chi connectivity index (χ3n) is 3.28. The fourth-order valence-electron chi connectivity index (χ4n) is 2.06. The average Bonchev–Trinajstić information content (AvgIpc) is 2.46. The van der Waals surface area contributed by atoms with Crippen LogP contribution in [0.1, 0.15) is 18.1 Å². The maximum atomic E-state index is 6.02. The van der Waals surface area contributed by atoms with Gasteiger partial charge in [0, 0.05) is 28.8 Å². The van der Waals surface area contributed by atoms with Crippen LogP contribution in [0.5, 0.6) is 0 Å². The molecule has 2 rings (SSSR count). The minimum absolute atomic E-state index is 0.514. The monoisotopic (exact) mass is 337 g/mol. The first-order valence-electron chi connectivity index (χ1n) is 6.32. The summed E-state index contributed by atoms with van der Waals surface area (Å²) in [6.07, 6.45) is 1.06. The van der Waals surface area contributed by atoms with Crippen molar-refractivity contribution in [2.24, 2.45) is 0 Å². The lowest BCUT2D eigenvalue weighted by Crippen LogP contribution is -2.11. The van der Waals surface area contributed by atoms with Gasteiger partial charge in [-0.25, -0.2) is 0 Å². The first-order chi connectivity index (χ1) is 9.15. The predicted molar refractivity (Wildman–Crippen MR) is 87.6 cm³/mol. The fourth-order valence-corrected chi connectivity index (χ4v) is 2.63. The SMILES string of the molecule is CCc1ccc(N(C)c2cc(Br)ccc2CCl)cc1. The van der Waals surface area contributed by atoms with Crippen LogP contribution in [0.25, 0.3) is 0 Å². The van der Waals surface area contributed by atoms with Crippen LogP contribution in [-0.4, -0.2) is 7.05 Å². The van der Waals surface area contributed by atoms with Crippen LogP contribution in [0.2, 0.25) is 0 Å². The molecule has 0 saturated heterocycles. The third-order valence-corrected chi connectivity index (χ3v) is 4.07. The Bertz CT molecular complexity index is 551. The second kappa shape index (κ2) is 6.44. The molecule has 0 heterocycles. The minimum Gasteiger partial charge on any atom is -0.344 e. The van der Waals surface area contributed by atoms with Gasteiger partial charge in [-0.05, 0) is 41.8 Å². The largest absolute Gasteiger partial charge is 0.344 e. The molecule has 0 aliphatic heterocycles. The Morgan fingerprint density at radius 3 is 2.37 bits per heavy atom. The molecular formula is C16H17BrClN. The summed E-state index contributed by atoms with van der Waals surface area (Å²) in [5.41, 5.74) is 4.78. The highest BCUT2D eigenvalue weighted by Crippen LogP contribution is 2.31. The molecule has 0 N–H and O–H groups in total. The zero-order valence-electron chi connectivity index (χ0n) is 11.2. The molecule has 19 heavy (non-hydrogen) atoms. The molecule has 0 aliphatic rings. The molecule has 3 heteroatoms. The smallest absolute Gasteiger partial charge is 0.0494 e. The van der Waals surface area contributed by atoms with Gasteiger partial charge in [-0.1, -0.05) is 41.1 Å². The van der Waals surface area contributed by atoms with E-state index in [0.29, 0.717) is 5.88 Å². The molecule has 0 aliphatic carbocycles. The third kappa shape index (κ3) is 3.31. The molecule has 0 saturated carbocycles. The number of aryl methyl sites for hydroxylation is 1. The Morgan fingerprint density at radius 2 is 1.79 bits per heavy atom. The van der Waals surface area contributed by atoms with Crippen molar-refractivity contribution in [2.75, 3.05) is 11.9 Å². The molecule has 0 atom stereocenters. The number of benzene rings is 2. The number of hydrogen-bond acceptors (Lipinski definition) is 1. The van der Waals surface area contributed by atoms with Crippen molar-refractivity contribution in [2.45, 2.75) is 19.2 Å². The molecule has 0 amide bonds. The van der Waals surface area contributed by atoms with Crippen LogP contribution >= 0.6 is 27.5 Å². The van der Waals surface area contributed by atoms with Crippen LogP contribution in [0, 0.1) is 0 Å². The van der Waals surface area contributed by atoms with Gasteiger partial charge in [0.2, 0.25) is 0 Å². The van der Waals surface area contributed by atoms with Gasteiger partial charge in [0.15, 0.2) is 0 Å². The highest BCUT2D eigenvalue weighted by Gasteiger charge is 2.09. The number of rotatable bonds is 4. The van der Waals surface area contributed by atoms with Gasteiger partial charge in [-0.3, -0.25) is 0 Å². The van der Waals surface area contributed by atoms with Gasteiger partial charge in [0.1, 0.15) is 0 Å². The lowest BCUT2D eigenvalue weighted by atomic mass is 10.1. The standard InChI is InChI=1S/C16H17BrClN/c1-3-12-4-8-15(9-5-12)19(2)16-10-14(17)7-6-13(16)11-18/h4-10H,3,11H2,1-2H3. The fraction of sp³-hybridized carbons (Fsp3) is 0.250. The minimum atomic E-state index is 0.514. The molecule has 2 aromatic rings. The maximum Gasteiger partial charge on any atom is 0.0494 e. The Morgan fingerprint density at radius 1 is 1.11 bits per heavy atom. The molecule has 0 aromatic heterocycles. The van der Waals surface area contributed by atoms with Gasteiger partial charge in [-0.2, -0.15) is 0 Å². The summed E-state index contributed by atoms with van der Waals surface area (Å²) >= 11 is 9.54. The van der Waals surface area contributed by atoms with E-state index in [-0.39, 0.29) is 0 Å². The van der Waals surface area contributed by atoms with Crippen molar-refractivity contribution in [3.63, 3.8) is 0 Å². The van der Waals surface area contributed by atoms with E-state index < -0.39 is 0 Å². The van der Waals surface area contributed by atoms with Crippen molar-refractivity contribution in [1.29, 1.82) is 0 Å². The lowest BCUT2D eigenvalue weighted by molar-refractivity contribution is 1.12. The van der Waals surface area contributed by atoms with Gasteiger partial charge < -0.3 is 4.90 Å². The Hall–Kier alpha value is -0.990. The molecule has 0 bridgehead atoms. The molecule has 100 valence electrons. The molecular weight excluding hydrogens is 322 g/mol. The zero-order valence-corrected chi connectivity index (χ0v) is 13.5. The first kappa shape index (κ1) is 14.4. The van der Waals surface area contributed by atoms with E-state index in [0.717, 1.165) is 22.1 Å². The summed E-state index contributed by atoms with van der Waals surface area (Å²) in [5, 5.41) is 0. The molecule has 0 fully saturated rings. The Balaban J connectivity index is 2.36. The molecule has 0 spiro atoms. The van der Waals surface area contributed by atoms with E-state index >= 15 is 0 Å². The van der Waals surface area contributed by atoms with Crippen LogP contribution in [0.3, 0.4) is 0 Å². The molecule has 2 aromatic carbocycles. The summed E-state index contributed by atoms with van der Waals surface area (Å²) in [6.45, 7) is 2.17. The van der Waals surface area contributed by atoms with Crippen LogP contribution < -0.4 is 4.90 Å². The topological polar surface area (TPSA) is 3.24 Å². The van der Waals surface area contributed by atoms with Crippen LogP contribution in [-0.2, 0) is 12.3 Å². The number of nitrogens with zero attached hydrogens (tertiary/aromatic N) is 1. The number of hydrogen-bond donors (Lipinski definition) is 0. The predicted octanol–water partition coefficient (Wildman–Crippen LogP) is 5.52. The number of anilines is 2. The van der Waals surface area contributed by atoms with E-state index in [4.69, 9.17) is 11.6 Å². The molecule has 0 radical (unpaired) electrons. The second-order valence-electron chi connectivity index (χ2n) is 4.49. The van der Waals surface area contributed by atoms with E-state index in [9.17, 15) is 0 Å². The summed E-state index contributed by atoms with van der Waals surface area (Å²) in [7, 11) is 2.07. The van der Waals surface area contributed by atoms with Crippen LogP contribution in [0.15, 0.2) is 46.9 Å². The van der Waals surface area contributed by atoms with Crippen molar-refractivity contribution in [3.8, 4) is 0 Å². The normalized spacial score (nSPS) is 10.5. The number of halogens is 2. The van der Waals surface area contributed by atoms with Crippen molar-refractivity contribution in [3.05, 3.63) is 58.1 Å². The summed E-state index contributed by atoms with van der Waals surface area (Å²) < 4.78 is 1.06. The summed E-state index contributed by atoms with van der Waals surface area (Å²) in [5.74, 6) is 0.514. The molecule has 1 nitrogen and oxygen atoms in total. The zero-order chi connectivity index (χ0) is 13.8. The van der Waals surface area contributed by atoms with Gasteiger partial charge in [0.05, 0.1) is 0 Å². The van der Waals surface area contributed by atoms with Crippen molar-refractivity contribution < 1.29 is 0 Å². The van der Waals surface area contributed by atoms with Crippen molar-refractivity contribution in [1.82, 2.24) is 0 Å². The van der Waals surface area contributed by atoms with E-state index in [2.05, 4.69) is 71.2 Å². The highest BCUT2D eigenvalue weighted by atomic mass is 79.9. The van der Waals surface area contributed by atoms with E-state index in [1.54, 1.807) is 0 Å². The average molecular weight is 339 g/mol. The summed E-state index contributed by atoms with van der Waals surface area (Å²) in [6, 6.07) is 14.8. The van der Waals surface area contributed by atoms with Gasteiger partial charge in [0.25, 0.3) is 0 Å². The van der Waals surface area contributed by atoms with E-state index in [1.165, 1.54) is 11.3 Å². The quantitative estimate of drug-likeness (QED) is 0.664.